The molecule has 30 heavy (non-hydrogen) atoms. The van der Waals surface area contributed by atoms with Crippen molar-refractivity contribution in [1.82, 2.24) is 5.01 Å². The molecule has 0 unspecified atom stereocenters. The van der Waals surface area contributed by atoms with Crippen molar-refractivity contribution in [2.75, 3.05) is 6.61 Å². The molecular weight excluding hydrogens is 390 g/mol. The van der Waals surface area contributed by atoms with E-state index in [0.717, 1.165) is 29.2 Å². The number of ether oxygens (including phenoxy) is 2. The number of halogens is 2. The third-order valence-electron chi connectivity index (χ3n) is 5.33. The quantitative estimate of drug-likeness (QED) is 0.569. The highest BCUT2D eigenvalue weighted by atomic mass is 19.2. The van der Waals surface area contributed by atoms with Crippen LogP contribution in [-0.2, 0) is 0 Å². The number of rotatable bonds is 4. The van der Waals surface area contributed by atoms with E-state index in [4.69, 9.17) is 19.0 Å². The van der Waals surface area contributed by atoms with Crippen LogP contribution in [0.25, 0.3) is 0 Å². The zero-order valence-electron chi connectivity index (χ0n) is 16.6. The van der Waals surface area contributed by atoms with Crippen molar-refractivity contribution >= 4 is 5.71 Å². The van der Waals surface area contributed by atoms with Crippen LogP contribution in [0.15, 0.2) is 58.0 Å². The Morgan fingerprint density at radius 2 is 2.00 bits per heavy atom. The third-order valence-corrected chi connectivity index (χ3v) is 5.33. The second-order valence-corrected chi connectivity index (χ2v) is 7.31. The lowest BCUT2D eigenvalue weighted by Crippen LogP contribution is -2.34. The van der Waals surface area contributed by atoms with Crippen LogP contribution in [0, 0.1) is 18.6 Å². The SMILES string of the molecule is CCOc1cccc2c1O[C@@H](c1ccc(F)c(F)c1)N1N=C(c3ccc(C)o3)C[C@H]21. The number of fused-ring (bicyclic) bond motifs is 3. The number of benzene rings is 2. The highest BCUT2D eigenvalue weighted by molar-refractivity contribution is 5.99. The van der Waals surface area contributed by atoms with Gasteiger partial charge >= 0.3 is 0 Å². The molecule has 0 aliphatic carbocycles. The summed E-state index contributed by atoms with van der Waals surface area (Å²) in [5, 5.41) is 6.54. The lowest BCUT2D eigenvalue weighted by atomic mass is 9.97. The molecule has 2 aromatic carbocycles. The number of hydrogen-bond acceptors (Lipinski definition) is 5. The largest absolute Gasteiger partial charge is 0.490 e. The summed E-state index contributed by atoms with van der Waals surface area (Å²) >= 11 is 0. The minimum absolute atomic E-state index is 0.146. The maximum Gasteiger partial charge on any atom is 0.214 e. The van der Waals surface area contributed by atoms with Crippen LogP contribution in [0.3, 0.4) is 0 Å². The van der Waals surface area contributed by atoms with E-state index in [1.54, 1.807) is 5.01 Å². The van der Waals surface area contributed by atoms with E-state index < -0.39 is 17.9 Å². The molecule has 2 aliphatic heterocycles. The summed E-state index contributed by atoms with van der Waals surface area (Å²) in [7, 11) is 0. The first-order chi connectivity index (χ1) is 14.5. The van der Waals surface area contributed by atoms with Crippen molar-refractivity contribution in [3.05, 3.63) is 82.8 Å². The second-order valence-electron chi connectivity index (χ2n) is 7.31. The van der Waals surface area contributed by atoms with E-state index in [2.05, 4.69) is 0 Å². The van der Waals surface area contributed by atoms with Crippen LogP contribution < -0.4 is 9.47 Å². The van der Waals surface area contributed by atoms with Crippen molar-refractivity contribution in [2.24, 2.45) is 5.10 Å². The number of aryl methyl sites for hydroxylation is 1. The summed E-state index contributed by atoms with van der Waals surface area (Å²) in [4.78, 5) is 0. The Kier molecular flexibility index (Phi) is 4.46. The van der Waals surface area contributed by atoms with Crippen LogP contribution in [-0.4, -0.2) is 17.3 Å². The summed E-state index contributed by atoms with van der Waals surface area (Å²) < 4.78 is 45.3. The van der Waals surface area contributed by atoms with Crippen molar-refractivity contribution in [2.45, 2.75) is 32.5 Å². The van der Waals surface area contributed by atoms with Gasteiger partial charge in [-0.25, -0.2) is 13.8 Å². The first-order valence-electron chi connectivity index (χ1n) is 9.85. The fourth-order valence-corrected chi connectivity index (χ4v) is 3.98. The van der Waals surface area contributed by atoms with E-state index >= 15 is 0 Å². The first kappa shape index (κ1) is 18.7. The molecule has 0 saturated carbocycles. The Hall–Kier alpha value is -3.35. The van der Waals surface area contributed by atoms with Gasteiger partial charge in [0, 0.05) is 17.5 Å². The molecular formula is C23H20F2N2O3. The Morgan fingerprint density at radius 1 is 1.13 bits per heavy atom. The molecule has 0 radical (unpaired) electrons. The highest BCUT2D eigenvalue weighted by Gasteiger charge is 2.42. The van der Waals surface area contributed by atoms with Gasteiger partial charge in [-0.15, -0.1) is 0 Å². The smallest absolute Gasteiger partial charge is 0.214 e. The molecule has 7 heteroatoms. The molecule has 3 heterocycles. The van der Waals surface area contributed by atoms with Crippen LogP contribution in [0.5, 0.6) is 11.5 Å². The molecule has 0 spiro atoms. The summed E-state index contributed by atoms with van der Waals surface area (Å²) in [6, 6.07) is 13.1. The second kappa shape index (κ2) is 7.16. The van der Waals surface area contributed by atoms with E-state index in [-0.39, 0.29) is 6.04 Å². The number of hydrazone groups is 1. The molecule has 5 rings (SSSR count). The van der Waals surface area contributed by atoms with Gasteiger partial charge in [0.2, 0.25) is 6.23 Å². The van der Waals surface area contributed by atoms with Crippen LogP contribution in [0.1, 0.15) is 48.3 Å². The highest BCUT2D eigenvalue weighted by Crippen LogP contribution is 2.50. The van der Waals surface area contributed by atoms with Crippen LogP contribution in [0.4, 0.5) is 8.78 Å². The average Bonchev–Trinajstić information content (AvgIpc) is 3.37. The number of para-hydroxylation sites is 1. The van der Waals surface area contributed by atoms with Crippen molar-refractivity contribution in [3.63, 3.8) is 0 Å². The average molecular weight is 410 g/mol. The minimum atomic E-state index is -0.929. The zero-order chi connectivity index (χ0) is 20.8. The predicted molar refractivity (Wildman–Crippen MR) is 107 cm³/mol. The Bertz CT molecular complexity index is 1140. The van der Waals surface area contributed by atoms with Crippen LogP contribution in [0.2, 0.25) is 0 Å². The number of nitrogens with zero attached hydrogens (tertiary/aromatic N) is 2. The standard InChI is InChI=1S/C23H20F2N2O3/c1-3-28-21-6-4-5-15-19-12-18(20-10-7-13(2)29-20)26-27(19)23(30-22(15)21)14-8-9-16(24)17(25)11-14/h4-11,19,23H,3,12H2,1-2H3/t19-,23+/m1/s1. The summed E-state index contributed by atoms with van der Waals surface area (Å²) in [5.41, 5.74) is 2.18. The molecule has 154 valence electrons. The van der Waals surface area contributed by atoms with E-state index in [9.17, 15) is 8.78 Å². The number of hydrogen-bond donors (Lipinski definition) is 0. The molecule has 0 amide bonds. The van der Waals surface area contributed by atoms with Gasteiger partial charge in [0.05, 0.1) is 12.6 Å². The maximum atomic E-state index is 14.0. The lowest BCUT2D eigenvalue weighted by Gasteiger charge is -2.38. The van der Waals surface area contributed by atoms with Crippen LogP contribution >= 0.6 is 0 Å². The molecule has 3 aromatic rings. The van der Waals surface area contributed by atoms with Gasteiger partial charge < -0.3 is 13.9 Å². The van der Waals surface area contributed by atoms with Crippen molar-refractivity contribution in [3.8, 4) is 11.5 Å². The molecule has 0 bridgehead atoms. The fraction of sp³-hybridized carbons (Fsp3) is 0.261. The monoisotopic (exact) mass is 410 g/mol. The zero-order valence-corrected chi connectivity index (χ0v) is 16.6. The summed E-state index contributed by atoms with van der Waals surface area (Å²) in [6.45, 7) is 4.26. The van der Waals surface area contributed by atoms with Crippen molar-refractivity contribution in [1.29, 1.82) is 0 Å². The fourth-order valence-electron chi connectivity index (χ4n) is 3.98. The van der Waals surface area contributed by atoms with Gasteiger partial charge in [0.25, 0.3) is 0 Å². The summed E-state index contributed by atoms with van der Waals surface area (Å²) in [5.74, 6) is 0.866. The van der Waals surface area contributed by atoms with Gasteiger partial charge in [-0.05, 0) is 44.2 Å². The topological polar surface area (TPSA) is 47.2 Å². The van der Waals surface area contributed by atoms with Gasteiger partial charge in [-0.1, -0.05) is 18.2 Å². The normalized spacial score (nSPS) is 19.7. The van der Waals surface area contributed by atoms with E-state index in [1.165, 1.54) is 6.07 Å². The molecule has 0 saturated heterocycles. The van der Waals surface area contributed by atoms with Gasteiger partial charge in [0.15, 0.2) is 23.1 Å². The van der Waals surface area contributed by atoms with Gasteiger partial charge in [-0.3, -0.25) is 0 Å². The molecule has 2 atom stereocenters. The Labute approximate surface area is 172 Å². The first-order valence-corrected chi connectivity index (χ1v) is 9.85. The van der Waals surface area contributed by atoms with E-state index in [1.807, 2.05) is 44.2 Å². The minimum Gasteiger partial charge on any atom is -0.490 e. The predicted octanol–water partition coefficient (Wildman–Crippen LogP) is 5.51. The van der Waals surface area contributed by atoms with Crippen molar-refractivity contribution < 1.29 is 22.7 Å². The maximum absolute atomic E-state index is 14.0. The molecule has 0 N–H and O–H groups in total. The Balaban J connectivity index is 1.62. The molecule has 2 aliphatic rings. The third kappa shape index (κ3) is 3.01. The molecule has 1 aromatic heterocycles. The molecule has 5 nitrogen and oxygen atoms in total. The Morgan fingerprint density at radius 3 is 2.73 bits per heavy atom. The molecule has 0 fully saturated rings. The van der Waals surface area contributed by atoms with Gasteiger partial charge in [-0.2, -0.15) is 5.10 Å². The summed E-state index contributed by atoms with van der Waals surface area (Å²) in [6.07, 6.45) is -0.133. The number of furan rings is 1. The van der Waals surface area contributed by atoms with Gasteiger partial charge in [0.1, 0.15) is 17.2 Å². The lowest BCUT2D eigenvalue weighted by molar-refractivity contribution is -0.0214. The van der Waals surface area contributed by atoms with E-state index in [0.29, 0.717) is 35.9 Å².